The molecular formula is C27H30N6O. The molecule has 34 heavy (non-hydrogen) atoms. The number of aryl methyl sites for hydroxylation is 2. The lowest BCUT2D eigenvalue weighted by Crippen LogP contribution is -2.43. The van der Waals surface area contributed by atoms with E-state index in [4.69, 9.17) is 0 Å². The van der Waals surface area contributed by atoms with E-state index in [9.17, 15) is 5.11 Å². The Balaban J connectivity index is 1.20. The van der Waals surface area contributed by atoms with Gasteiger partial charge < -0.3 is 15.3 Å². The molecule has 1 aliphatic heterocycles. The quantitative estimate of drug-likeness (QED) is 0.464. The summed E-state index contributed by atoms with van der Waals surface area (Å²) in [6.07, 6.45) is 7.14. The predicted molar refractivity (Wildman–Crippen MR) is 135 cm³/mol. The van der Waals surface area contributed by atoms with Gasteiger partial charge in [-0.3, -0.25) is 4.68 Å². The lowest BCUT2D eigenvalue weighted by molar-refractivity contribution is 0.311. The Labute approximate surface area is 199 Å². The van der Waals surface area contributed by atoms with Crippen LogP contribution >= 0.6 is 0 Å². The van der Waals surface area contributed by atoms with Crippen LogP contribution in [-0.2, 0) is 7.05 Å². The summed E-state index contributed by atoms with van der Waals surface area (Å²) in [5.74, 6) is 1.10. The summed E-state index contributed by atoms with van der Waals surface area (Å²) in [5.41, 5.74) is 5.50. The van der Waals surface area contributed by atoms with Crippen molar-refractivity contribution in [1.29, 1.82) is 0 Å². The number of aromatic hydroxyl groups is 1. The highest BCUT2D eigenvalue weighted by Crippen LogP contribution is 2.34. The van der Waals surface area contributed by atoms with E-state index in [1.807, 2.05) is 42.2 Å². The number of hydrogen-bond acceptors (Lipinski definition) is 6. The number of benzene rings is 2. The first-order valence-electron chi connectivity index (χ1n) is 12.2. The second-order valence-electron chi connectivity index (χ2n) is 9.77. The van der Waals surface area contributed by atoms with Crippen molar-refractivity contribution in [1.82, 2.24) is 25.3 Å². The summed E-state index contributed by atoms with van der Waals surface area (Å²) in [7, 11) is 1.93. The van der Waals surface area contributed by atoms with Crippen LogP contribution in [0.5, 0.6) is 5.75 Å². The maximum Gasteiger partial charge on any atom is 0.151 e. The molecule has 0 spiro atoms. The van der Waals surface area contributed by atoms with Crippen LogP contribution < -0.4 is 10.2 Å². The van der Waals surface area contributed by atoms with Gasteiger partial charge in [-0.25, -0.2) is 0 Å². The normalized spacial score (nSPS) is 18.5. The van der Waals surface area contributed by atoms with Crippen LogP contribution in [0.4, 0.5) is 5.82 Å². The first-order valence-corrected chi connectivity index (χ1v) is 12.2. The fourth-order valence-electron chi connectivity index (χ4n) is 5.17. The first-order chi connectivity index (χ1) is 16.5. The number of aromatic nitrogens is 4. The topological polar surface area (TPSA) is 79.1 Å². The van der Waals surface area contributed by atoms with Crippen LogP contribution in [0.1, 0.15) is 31.2 Å². The van der Waals surface area contributed by atoms with Gasteiger partial charge in [0, 0.05) is 49.4 Å². The Hall–Kier alpha value is -3.45. The molecule has 7 heteroatoms. The Morgan fingerprint density at radius 1 is 0.971 bits per heavy atom. The fraction of sp³-hybridized carbons (Fsp3) is 0.370. The lowest BCUT2D eigenvalue weighted by atomic mass is 9.92. The Morgan fingerprint density at radius 2 is 1.85 bits per heavy atom. The van der Waals surface area contributed by atoms with E-state index in [0.29, 0.717) is 23.3 Å². The summed E-state index contributed by atoms with van der Waals surface area (Å²) >= 11 is 0. The molecule has 0 radical (unpaired) electrons. The molecule has 7 nitrogen and oxygen atoms in total. The third-order valence-electron chi connectivity index (χ3n) is 7.26. The number of fused-ring (bicyclic) bond motifs is 1. The minimum Gasteiger partial charge on any atom is -0.507 e. The molecule has 1 unspecified atom stereocenters. The minimum atomic E-state index is 0.203. The minimum absolute atomic E-state index is 0.203. The van der Waals surface area contributed by atoms with Gasteiger partial charge in [-0.1, -0.05) is 12.5 Å². The van der Waals surface area contributed by atoms with Crippen LogP contribution in [-0.4, -0.2) is 50.3 Å². The number of rotatable bonds is 5. The van der Waals surface area contributed by atoms with Crippen molar-refractivity contribution in [2.75, 3.05) is 18.0 Å². The van der Waals surface area contributed by atoms with Crippen molar-refractivity contribution >= 4 is 16.7 Å². The Kier molecular flexibility index (Phi) is 5.21. The molecule has 2 aromatic heterocycles. The molecule has 2 aliphatic rings. The van der Waals surface area contributed by atoms with Gasteiger partial charge in [-0.05, 0) is 79.3 Å². The molecule has 1 atom stereocenters. The molecule has 1 aliphatic carbocycles. The van der Waals surface area contributed by atoms with Crippen LogP contribution in [0.3, 0.4) is 0 Å². The molecule has 6 rings (SSSR count). The molecule has 1 saturated carbocycles. The summed E-state index contributed by atoms with van der Waals surface area (Å²) in [6.45, 7) is 4.04. The summed E-state index contributed by atoms with van der Waals surface area (Å²) in [6, 6.07) is 15.2. The predicted octanol–water partition coefficient (Wildman–Crippen LogP) is 4.43. The van der Waals surface area contributed by atoms with Gasteiger partial charge in [-0.2, -0.15) is 5.10 Å². The van der Waals surface area contributed by atoms with Crippen LogP contribution in [0.2, 0.25) is 0 Å². The van der Waals surface area contributed by atoms with Crippen LogP contribution in [0.15, 0.2) is 48.7 Å². The molecule has 2 fully saturated rings. The monoisotopic (exact) mass is 454 g/mol. The second-order valence-corrected chi connectivity index (χ2v) is 9.77. The zero-order chi connectivity index (χ0) is 23.2. The van der Waals surface area contributed by atoms with E-state index in [1.54, 1.807) is 6.07 Å². The number of nitrogens with one attached hydrogen (secondary N) is 1. The zero-order valence-corrected chi connectivity index (χ0v) is 19.7. The van der Waals surface area contributed by atoms with Crippen molar-refractivity contribution < 1.29 is 5.11 Å². The first kappa shape index (κ1) is 21.1. The highest BCUT2D eigenvalue weighted by Gasteiger charge is 2.27. The van der Waals surface area contributed by atoms with Crippen LogP contribution in [0, 0.1) is 6.92 Å². The smallest absolute Gasteiger partial charge is 0.151 e. The summed E-state index contributed by atoms with van der Waals surface area (Å²) < 4.78 is 1.83. The van der Waals surface area contributed by atoms with Crippen molar-refractivity contribution in [2.45, 2.75) is 44.7 Å². The third kappa shape index (κ3) is 3.90. The maximum atomic E-state index is 10.8. The number of hydrogen-bond donors (Lipinski definition) is 2. The highest BCUT2D eigenvalue weighted by atomic mass is 16.3. The molecule has 174 valence electrons. The van der Waals surface area contributed by atoms with Crippen molar-refractivity contribution in [2.24, 2.45) is 7.05 Å². The Bertz CT molecular complexity index is 1340. The highest BCUT2D eigenvalue weighted by molar-refractivity contribution is 5.87. The third-order valence-corrected chi connectivity index (χ3v) is 7.26. The molecule has 4 aromatic rings. The molecule has 3 heterocycles. The number of nitrogens with zero attached hydrogens (tertiary/aromatic N) is 5. The van der Waals surface area contributed by atoms with Crippen molar-refractivity contribution in [3.05, 3.63) is 54.2 Å². The molecule has 1 saturated heterocycles. The van der Waals surface area contributed by atoms with Gasteiger partial charge in [0.25, 0.3) is 0 Å². The van der Waals surface area contributed by atoms with Gasteiger partial charge in [0.15, 0.2) is 5.82 Å². The average Bonchev–Trinajstić information content (AvgIpc) is 3.43. The van der Waals surface area contributed by atoms with Crippen molar-refractivity contribution in [3.8, 4) is 28.1 Å². The number of phenolic OH excluding ortho intramolecular Hbond substituents is 1. The van der Waals surface area contributed by atoms with E-state index >= 15 is 0 Å². The van der Waals surface area contributed by atoms with Crippen molar-refractivity contribution in [3.63, 3.8) is 0 Å². The van der Waals surface area contributed by atoms with Gasteiger partial charge in [-0.15, -0.1) is 10.2 Å². The molecule has 2 N–H and O–H groups in total. The standard InChI is InChI=1S/C27H30N6O/c1-17-12-19(13-20-15-32(2)31-27(17)20)18-6-7-23(25(34)14-18)24-8-9-26(30-29-24)33-11-10-22(16-33)28-21-4-3-5-21/h6-9,12-15,21-22,28,34H,3-5,10-11,16H2,1-2H3. The van der Waals surface area contributed by atoms with E-state index in [1.165, 1.54) is 19.3 Å². The van der Waals surface area contributed by atoms with Crippen LogP contribution in [0.25, 0.3) is 33.3 Å². The van der Waals surface area contributed by atoms with E-state index in [0.717, 1.165) is 52.9 Å². The zero-order valence-electron chi connectivity index (χ0n) is 19.7. The van der Waals surface area contributed by atoms with Gasteiger partial charge in [0.05, 0.1) is 11.2 Å². The summed E-state index contributed by atoms with van der Waals surface area (Å²) in [5, 5.41) is 29.1. The molecule has 2 aromatic carbocycles. The molecule has 0 amide bonds. The summed E-state index contributed by atoms with van der Waals surface area (Å²) in [4.78, 5) is 2.30. The van der Waals surface area contributed by atoms with Gasteiger partial charge >= 0.3 is 0 Å². The molecular weight excluding hydrogens is 424 g/mol. The van der Waals surface area contributed by atoms with E-state index < -0.39 is 0 Å². The second kappa shape index (κ2) is 8.40. The molecule has 0 bridgehead atoms. The lowest BCUT2D eigenvalue weighted by Gasteiger charge is -2.29. The van der Waals surface area contributed by atoms with E-state index in [2.05, 4.69) is 44.6 Å². The maximum absolute atomic E-state index is 10.8. The SMILES string of the molecule is Cc1cc(-c2ccc(-c3ccc(N4CCC(NC5CCC5)C4)nn3)c(O)c2)cc2cn(C)nc12. The Morgan fingerprint density at radius 3 is 2.59 bits per heavy atom. The largest absolute Gasteiger partial charge is 0.507 e. The van der Waals surface area contributed by atoms with E-state index in [-0.39, 0.29) is 5.75 Å². The van der Waals surface area contributed by atoms with Gasteiger partial charge in [0.2, 0.25) is 0 Å². The number of anilines is 1. The average molecular weight is 455 g/mol. The fourth-order valence-corrected chi connectivity index (χ4v) is 5.17. The van der Waals surface area contributed by atoms with Gasteiger partial charge in [0.1, 0.15) is 5.75 Å². The number of phenols is 1.